The number of H-pyrrole nitrogens is 1. The molecule has 2 heterocycles. The van der Waals surface area contributed by atoms with E-state index in [0.29, 0.717) is 16.9 Å². The number of likely N-dealkylation sites (tertiary alicyclic amines) is 1. The van der Waals surface area contributed by atoms with E-state index in [2.05, 4.69) is 4.98 Å². The number of nitrogens with one attached hydrogen (secondary N) is 1. The fraction of sp³-hybridized carbons (Fsp3) is 0.316. The summed E-state index contributed by atoms with van der Waals surface area (Å²) in [7, 11) is 0. The van der Waals surface area contributed by atoms with E-state index in [9.17, 15) is 14.4 Å². The Bertz CT molecular complexity index is 850. The first-order valence-corrected chi connectivity index (χ1v) is 8.50. The van der Waals surface area contributed by atoms with E-state index >= 15 is 0 Å². The summed E-state index contributed by atoms with van der Waals surface area (Å²) in [6, 6.07) is 6.52. The first-order chi connectivity index (χ1) is 12.5. The van der Waals surface area contributed by atoms with Crippen LogP contribution in [0.25, 0.3) is 0 Å². The summed E-state index contributed by atoms with van der Waals surface area (Å²) >= 11 is 0. The molecule has 7 heteroatoms. The quantitative estimate of drug-likeness (QED) is 0.486. The van der Waals surface area contributed by atoms with E-state index < -0.39 is 12.6 Å². The van der Waals surface area contributed by atoms with Gasteiger partial charge in [0.15, 0.2) is 6.61 Å². The maximum Gasteiger partial charge on any atom is 0.340 e. The van der Waals surface area contributed by atoms with Crippen LogP contribution in [0.1, 0.15) is 49.6 Å². The molecule has 0 saturated carbocycles. The molecule has 1 amide bonds. The maximum absolute atomic E-state index is 12.3. The summed E-state index contributed by atoms with van der Waals surface area (Å²) in [6.45, 7) is 2.88. The molecule has 1 aromatic carbocycles. The second kappa shape index (κ2) is 7.43. The van der Waals surface area contributed by atoms with Crippen molar-refractivity contribution in [2.24, 2.45) is 0 Å². The van der Waals surface area contributed by atoms with Crippen LogP contribution >= 0.6 is 0 Å². The van der Waals surface area contributed by atoms with Crippen LogP contribution in [0.5, 0.6) is 0 Å². The molecule has 1 aliphatic rings. The number of Topliss-reactive ketones (excluding diaryl/α,β-unsaturated/α-hetero) is 1. The Labute approximate surface area is 151 Å². The smallest absolute Gasteiger partial charge is 0.340 e. The number of esters is 1. The highest BCUT2D eigenvalue weighted by molar-refractivity contribution is 6.02. The van der Waals surface area contributed by atoms with Gasteiger partial charge in [-0.1, -0.05) is 11.6 Å². The molecular formula is C19H21N3O4. The first kappa shape index (κ1) is 17.7. The van der Waals surface area contributed by atoms with Crippen molar-refractivity contribution in [2.75, 3.05) is 25.4 Å². The van der Waals surface area contributed by atoms with Gasteiger partial charge >= 0.3 is 5.97 Å². The van der Waals surface area contributed by atoms with Gasteiger partial charge in [0, 0.05) is 30.5 Å². The Kier molecular flexibility index (Phi) is 5.06. The number of nitrogen functional groups attached to an aromatic ring is 1. The molecule has 0 aliphatic carbocycles. The van der Waals surface area contributed by atoms with Gasteiger partial charge in [-0.2, -0.15) is 0 Å². The number of aromatic nitrogens is 1. The summed E-state index contributed by atoms with van der Waals surface area (Å²) in [5, 5.41) is 0. The summed E-state index contributed by atoms with van der Waals surface area (Å²) in [5.74, 6) is -1.16. The number of hydrogen-bond donors (Lipinski definition) is 2. The van der Waals surface area contributed by atoms with Gasteiger partial charge in [0.1, 0.15) is 5.69 Å². The second-order valence-corrected chi connectivity index (χ2v) is 6.39. The normalized spacial score (nSPS) is 13.7. The van der Waals surface area contributed by atoms with Crippen molar-refractivity contribution in [1.29, 1.82) is 0 Å². The van der Waals surface area contributed by atoms with Crippen molar-refractivity contribution < 1.29 is 19.1 Å². The minimum Gasteiger partial charge on any atom is -0.454 e. The van der Waals surface area contributed by atoms with Gasteiger partial charge in [-0.3, -0.25) is 9.59 Å². The van der Waals surface area contributed by atoms with Gasteiger partial charge in [-0.05, 0) is 38.0 Å². The minimum absolute atomic E-state index is 0.119. The van der Waals surface area contributed by atoms with E-state index in [4.69, 9.17) is 10.5 Å². The number of aryl methyl sites for hydroxylation is 1. The SMILES string of the molecule is Cc1ccc(N)c(C(=O)OCC(=O)c2c[nH]c(C(=O)N3CCCC3)c2)c1. The van der Waals surface area contributed by atoms with Crippen LogP contribution in [0.4, 0.5) is 5.69 Å². The highest BCUT2D eigenvalue weighted by atomic mass is 16.5. The van der Waals surface area contributed by atoms with Gasteiger partial charge in [-0.15, -0.1) is 0 Å². The third-order valence-electron chi connectivity index (χ3n) is 4.39. The predicted molar refractivity (Wildman–Crippen MR) is 96.1 cm³/mol. The number of nitrogens with zero attached hydrogens (tertiary/aromatic N) is 1. The molecule has 0 radical (unpaired) electrons. The van der Waals surface area contributed by atoms with Gasteiger partial charge in [0.2, 0.25) is 5.78 Å². The second-order valence-electron chi connectivity index (χ2n) is 6.39. The van der Waals surface area contributed by atoms with Crippen LogP contribution in [0.3, 0.4) is 0 Å². The van der Waals surface area contributed by atoms with Crippen molar-refractivity contribution in [2.45, 2.75) is 19.8 Å². The molecule has 3 N–H and O–H groups in total. The Morgan fingerprint density at radius 2 is 1.92 bits per heavy atom. The molecule has 136 valence electrons. The Morgan fingerprint density at radius 1 is 1.19 bits per heavy atom. The average Bonchev–Trinajstić information content (AvgIpc) is 3.32. The topological polar surface area (TPSA) is 105 Å². The van der Waals surface area contributed by atoms with Crippen LogP contribution in [0.15, 0.2) is 30.5 Å². The average molecular weight is 355 g/mol. The van der Waals surface area contributed by atoms with Gasteiger partial charge < -0.3 is 20.4 Å². The van der Waals surface area contributed by atoms with Gasteiger partial charge in [0.05, 0.1) is 5.56 Å². The molecule has 0 atom stereocenters. The fourth-order valence-corrected chi connectivity index (χ4v) is 2.91. The lowest BCUT2D eigenvalue weighted by Gasteiger charge is -2.13. The summed E-state index contributed by atoms with van der Waals surface area (Å²) in [6.07, 6.45) is 3.45. The number of anilines is 1. The number of aromatic amines is 1. The van der Waals surface area contributed by atoms with E-state index in [1.54, 1.807) is 23.1 Å². The zero-order valence-electron chi connectivity index (χ0n) is 14.6. The number of carbonyl (C=O) groups is 3. The van der Waals surface area contributed by atoms with Crippen LogP contribution in [0.2, 0.25) is 0 Å². The van der Waals surface area contributed by atoms with Crippen molar-refractivity contribution in [1.82, 2.24) is 9.88 Å². The minimum atomic E-state index is -0.650. The Balaban J connectivity index is 1.61. The summed E-state index contributed by atoms with van der Waals surface area (Å²) < 4.78 is 5.07. The molecule has 1 aliphatic heterocycles. The molecule has 0 unspecified atom stereocenters. The lowest BCUT2D eigenvalue weighted by Crippen LogP contribution is -2.27. The van der Waals surface area contributed by atoms with Crippen LogP contribution < -0.4 is 5.73 Å². The molecule has 3 rings (SSSR count). The maximum atomic E-state index is 12.3. The van der Waals surface area contributed by atoms with Crippen LogP contribution in [0, 0.1) is 6.92 Å². The van der Waals surface area contributed by atoms with E-state index in [0.717, 1.165) is 31.5 Å². The molecule has 0 bridgehead atoms. The van der Waals surface area contributed by atoms with E-state index in [-0.39, 0.29) is 17.3 Å². The number of nitrogens with two attached hydrogens (primary N) is 1. The molecule has 2 aromatic rings. The largest absolute Gasteiger partial charge is 0.454 e. The molecule has 26 heavy (non-hydrogen) atoms. The van der Waals surface area contributed by atoms with E-state index in [1.165, 1.54) is 12.3 Å². The standard InChI is InChI=1S/C19H21N3O4/c1-12-4-5-15(20)14(8-12)19(25)26-11-17(23)13-9-16(21-10-13)18(24)22-6-2-3-7-22/h4-5,8-10,21H,2-3,6-7,11,20H2,1H3. The molecule has 7 nitrogen and oxygen atoms in total. The molecular weight excluding hydrogens is 334 g/mol. The molecule has 1 aromatic heterocycles. The highest BCUT2D eigenvalue weighted by Crippen LogP contribution is 2.16. The summed E-state index contributed by atoms with van der Waals surface area (Å²) in [5.41, 5.74) is 7.84. The lowest BCUT2D eigenvalue weighted by molar-refractivity contribution is 0.0475. The monoisotopic (exact) mass is 355 g/mol. The zero-order valence-corrected chi connectivity index (χ0v) is 14.6. The van der Waals surface area contributed by atoms with Crippen LogP contribution in [-0.4, -0.2) is 47.2 Å². The van der Waals surface area contributed by atoms with Crippen molar-refractivity contribution >= 4 is 23.3 Å². The third-order valence-corrected chi connectivity index (χ3v) is 4.39. The van der Waals surface area contributed by atoms with Gasteiger partial charge in [-0.25, -0.2) is 4.79 Å². The highest BCUT2D eigenvalue weighted by Gasteiger charge is 2.22. The van der Waals surface area contributed by atoms with E-state index in [1.807, 2.05) is 6.92 Å². The third kappa shape index (κ3) is 3.77. The fourth-order valence-electron chi connectivity index (χ4n) is 2.91. The number of benzene rings is 1. The molecule has 0 spiro atoms. The number of rotatable bonds is 5. The Hall–Kier alpha value is -3.09. The number of ether oxygens (including phenoxy) is 1. The zero-order chi connectivity index (χ0) is 18.7. The number of amides is 1. The molecule has 1 fully saturated rings. The lowest BCUT2D eigenvalue weighted by atomic mass is 10.1. The number of carbonyl (C=O) groups excluding carboxylic acids is 3. The predicted octanol–water partition coefficient (Wildman–Crippen LogP) is 2.18. The van der Waals surface area contributed by atoms with Crippen LogP contribution in [-0.2, 0) is 4.74 Å². The van der Waals surface area contributed by atoms with Gasteiger partial charge in [0.25, 0.3) is 5.91 Å². The molecule has 1 saturated heterocycles. The summed E-state index contributed by atoms with van der Waals surface area (Å²) in [4.78, 5) is 41.2. The number of hydrogen-bond acceptors (Lipinski definition) is 5. The Morgan fingerprint density at radius 3 is 2.65 bits per heavy atom. The van der Waals surface area contributed by atoms with Crippen molar-refractivity contribution in [3.63, 3.8) is 0 Å². The van der Waals surface area contributed by atoms with Crippen molar-refractivity contribution in [3.05, 3.63) is 52.8 Å². The van der Waals surface area contributed by atoms with Crippen molar-refractivity contribution in [3.8, 4) is 0 Å². The number of ketones is 1. The first-order valence-electron chi connectivity index (χ1n) is 8.50.